The van der Waals surface area contributed by atoms with Crippen LogP contribution in [0.2, 0.25) is 0 Å². The van der Waals surface area contributed by atoms with Gasteiger partial charge in [0.25, 0.3) is 0 Å². The molecule has 11 rings (SSSR count). The van der Waals surface area contributed by atoms with Crippen molar-refractivity contribution in [1.29, 1.82) is 0 Å². The highest BCUT2D eigenvalue weighted by atomic mass is 14.9. The number of nitrogen functional groups attached to an aromatic ring is 1. The van der Waals surface area contributed by atoms with Gasteiger partial charge < -0.3 is 11.1 Å². The smallest absolute Gasteiger partial charge is 0.0737 e. The average molecular weight is 691 g/mol. The number of hydrogen-bond acceptors (Lipinski definition) is 2. The predicted molar refractivity (Wildman–Crippen MR) is 229 cm³/mol. The Bertz CT molecular complexity index is 2830. The van der Waals surface area contributed by atoms with Crippen molar-refractivity contribution in [3.05, 3.63) is 222 Å². The first-order valence-electron chi connectivity index (χ1n) is 18.6. The normalized spacial score (nSPS) is 12.8. The number of nitrogens with two attached hydrogens (primary N) is 1. The van der Waals surface area contributed by atoms with Crippen LogP contribution in [0, 0.1) is 6.92 Å². The van der Waals surface area contributed by atoms with E-state index in [0.29, 0.717) is 0 Å². The van der Waals surface area contributed by atoms with Crippen molar-refractivity contribution in [2.45, 2.75) is 12.3 Å². The van der Waals surface area contributed by atoms with Gasteiger partial charge in [-0.25, -0.2) is 0 Å². The first-order chi connectivity index (χ1) is 26.6. The number of fused-ring (bicyclic) bond motifs is 14. The van der Waals surface area contributed by atoms with Gasteiger partial charge in [0.2, 0.25) is 0 Å². The van der Waals surface area contributed by atoms with E-state index in [1.807, 2.05) is 48.5 Å². The van der Waals surface area contributed by atoms with Crippen molar-refractivity contribution in [1.82, 2.24) is 0 Å². The summed E-state index contributed by atoms with van der Waals surface area (Å²) in [5.41, 5.74) is 23.2. The predicted octanol–water partition coefficient (Wildman–Crippen LogP) is 13.3. The zero-order valence-corrected chi connectivity index (χ0v) is 30.1. The van der Waals surface area contributed by atoms with Crippen LogP contribution in [0.15, 0.2) is 194 Å². The second-order valence-corrected chi connectivity index (χ2v) is 14.4. The van der Waals surface area contributed by atoms with Crippen LogP contribution in [0.5, 0.6) is 0 Å². The summed E-state index contributed by atoms with van der Waals surface area (Å²) in [5, 5.41) is 8.55. The Kier molecular flexibility index (Phi) is 7.45. The molecule has 0 heterocycles. The van der Waals surface area contributed by atoms with Gasteiger partial charge >= 0.3 is 0 Å². The molecule has 0 amide bonds. The molecule has 0 saturated carbocycles. The largest absolute Gasteiger partial charge is 0.397 e. The van der Waals surface area contributed by atoms with Crippen LogP contribution in [0.25, 0.3) is 54.9 Å². The molecule has 3 N–H and O–H groups in total. The molecule has 0 aromatic heterocycles. The number of anilines is 3. The maximum atomic E-state index is 6.59. The van der Waals surface area contributed by atoms with Crippen LogP contribution in [-0.4, -0.2) is 0 Å². The van der Waals surface area contributed by atoms with Crippen molar-refractivity contribution < 1.29 is 0 Å². The minimum absolute atomic E-state index is 0.422. The topological polar surface area (TPSA) is 38.0 Å². The number of aryl methyl sites for hydroxylation is 1. The van der Waals surface area contributed by atoms with Crippen LogP contribution in [0.1, 0.15) is 27.8 Å². The van der Waals surface area contributed by atoms with E-state index in [0.717, 1.165) is 28.2 Å². The fraction of sp³-hybridized carbons (Fsp3) is 0.0385. The molecule has 2 nitrogen and oxygen atoms in total. The summed E-state index contributed by atoms with van der Waals surface area (Å²) in [6.07, 6.45) is 0. The Morgan fingerprint density at radius 1 is 0.426 bits per heavy atom. The summed E-state index contributed by atoms with van der Waals surface area (Å²) in [4.78, 5) is 0. The number of benzene rings is 9. The molecule has 0 aliphatic heterocycles. The van der Waals surface area contributed by atoms with E-state index in [-0.39, 0.29) is 0 Å². The Morgan fingerprint density at radius 2 is 0.963 bits per heavy atom. The lowest BCUT2D eigenvalue weighted by Gasteiger charge is -2.32. The third kappa shape index (κ3) is 4.88. The minimum Gasteiger partial charge on any atom is -0.397 e. The molecule has 0 unspecified atom stereocenters. The molecular formula is C52H38N2. The molecule has 9 aromatic rings. The fourth-order valence-corrected chi connectivity index (χ4v) is 9.00. The van der Waals surface area contributed by atoms with Gasteiger partial charge in [-0.1, -0.05) is 169 Å². The molecular weight excluding hydrogens is 653 g/mol. The molecule has 54 heavy (non-hydrogen) atoms. The molecule has 0 atom stereocenters. The third-order valence-electron chi connectivity index (χ3n) is 11.3. The van der Waals surface area contributed by atoms with Gasteiger partial charge in [-0.05, 0) is 114 Å². The maximum Gasteiger partial charge on any atom is 0.0737 e. The van der Waals surface area contributed by atoms with Crippen LogP contribution in [-0.2, 0) is 5.41 Å². The van der Waals surface area contributed by atoms with Crippen LogP contribution in [0.4, 0.5) is 17.1 Å². The zero-order chi connectivity index (χ0) is 36.2. The highest BCUT2D eigenvalue weighted by molar-refractivity contribution is 6.09. The van der Waals surface area contributed by atoms with E-state index in [4.69, 9.17) is 5.73 Å². The first kappa shape index (κ1) is 31.8. The van der Waals surface area contributed by atoms with E-state index in [1.54, 1.807) is 0 Å². The van der Waals surface area contributed by atoms with Crippen molar-refractivity contribution in [3.63, 3.8) is 0 Å². The maximum absolute atomic E-state index is 6.59. The summed E-state index contributed by atoms with van der Waals surface area (Å²) in [5.74, 6) is 0. The Balaban J connectivity index is 0.000000467. The summed E-state index contributed by atoms with van der Waals surface area (Å²) in [6.45, 7) is 2.08. The molecule has 0 bridgehead atoms. The third-order valence-corrected chi connectivity index (χ3v) is 11.3. The van der Waals surface area contributed by atoms with Gasteiger partial charge in [0.1, 0.15) is 0 Å². The Morgan fingerprint density at radius 3 is 1.61 bits per heavy atom. The number of para-hydroxylation sites is 1. The minimum atomic E-state index is -0.422. The number of hydrogen-bond donors (Lipinski definition) is 2. The van der Waals surface area contributed by atoms with Gasteiger partial charge in [0, 0.05) is 5.69 Å². The van der Waals surface area contributed by atoms with Crippen molar-refractivity contribution in [3.8, 4) is 33.4 Å². The lowest BCUT2D eigenvalue weighted by Crippen LogP contribution is -2.26. The molecule has 9 aromatic carbocycles. The summed E-state index contributed by atoms with van der Waals surface area (Å²) in [7, 11) is 0. The molecule has 0 radical (unpaired) electrons. The van der Waals surface area contributed by atoms with E-state index >= 15 is 0 Å². The fourth-order valence-electron chi connectivity index (χ4n) is 9.00. The Hall–Kier alpha value is -6.90. The molecule has 256 valence electrons. The summed E-state index contributed by atoms with van der Waals surface area (Å²) < 4.78 is 0. The monoisotopic (exact) mass is 690 g/mol. The van der Waals surface area contributed by atoms with Gasteiger partial charge in [-0.2, -0.15) is 0 Å². The molecule has 2 heteroatoms. The summed E-state index contributed by atoms with van der Waals surface area (Å²) in [6, 6.07) is 69.9. The van der Waals surface area contributed by atoms with Crippen LogP contribution in [0.3, 0.4) is 0 Å². The molecule has 2 aliphatic rings. The zero-order valence-electron chi connectivity index (χ0n) is 30.1. The molecule has 1 spiro atoms. The van der Waals surface area contributed by atoms with E-state index < -0.39 is 5.41 Å². The van der Waals surface area contributed by atoms with E-state index in [9.17, 15) is 0 Å². The van der Waals surface area contributed by atoms with Crippen LogP contribution >= 0.6 is 0 Å². The van der Waals surface area contributed by atoms with Gasteiger partial charge in [0.05, 0.1) is 16.8 Å². The van der Waals surface area contributed by atoms with Gasteiger partial charge in [-0.15, -0.1) is 0 Å². The van der Waals surface area contributed by atoms with Crippen molar-refractivity contribution in [2.75, 3.05) is 11.1 Å². The average Bonchev–Trinajstić information content (AvgIpc) is 3.70. The quantitative estimate of drug-likeness (QED) is 0.181. The number of rotatable bonds is 3. The van der Waals surface area contributed by atoms with Gasteiger partial charge in [0.15, 0.2) is 0 Å². The van der Waals surface area contributed by atoms with E-state index in [2.05, 4.69) is 158 Å². The first-order valence-corrected chi connectivity index (χ1v) is 18.6. The SMILES string of the molecule is Cc1ccccc1.Nc1cc(-c2ccc3c4c(ccc3c2)-c2ccc3ccccc3c2C42c3ccccc3-c3ccccc32)ccc1Nc1ccccc1. The second kappa shape index (κ2) is 12.6. The van der Waals surface area contributed by atoms with Crippen LogP contribution < -0.4 is 11.1 Å². The molecule has 0 saturated heterocycles. The highest BCUT2D eigenvalue weighted by Crippen LogP contribution is 2.65. The van der Waals surface area contributed by atoms with Crippen molar-refractivity contribution in [2.24, 2.45) is 0 Å². The second-order valence-electron chi connectivity index (χ2n) is 14.4. The van der Waals surface area contributed by atoms with Gasteiger partial charge in [-0.3, -0.25) is 0 Å². The standard InChI is InChI=1S/C45H30N2.C7H8/c46-41-27-30(21-25-42(41)47-32-11-2-1-3-12-32)29-19-22-34-31(26-29)20-24-38-37-23-18-28-10-4-5-13-33(28)43(37)45(44(34)38)39-16-8-6-14-35(39)36-15-7-9-17-40(36)45;1-7-5-3-2-4-6-7/h1-27,47H,46H2;2-6H,1H3. The van der Waals surface area contributed by atoms with E-state index in [1.165, 1.54) is 71.6 Å². The highest BCUT2D eigenvalue weighted by Gasteiger charge is 2.53. The lowest BCUT2D eigenvalue weighted by atomic mass is 9.68. The lowest BCUT2D eigenvalue weighted by molar-refractivity contribution is 0.809. The molecule has 2 aliphatic carbocycles. The van der Waals surface area contributed by atoms with Crippen molar-refractivity contribution >= 4 is 38.6 Å². The summed E-state index contributed by atoms with van der Waals surface area (Å²) >= 11 is 0. The molecule has 0 fully saturated rings. The number of nitrogens with one attached hydrogen (secondary N) is 1. The Labute approximate surface area is 316 Å².